The van der Waals surface area contributed by atoms with E-state index in [2.05, 4.69) is 10.6 Å². The molecule has 0 fully saturated rings. The zero-order valence-electron chi connectivity index (χ0n) is 12.5. The second-order valence-electron chi connectivity index (χ2n) is 4.74. The second kappa shape index (κ2) is 8.09. The van der Waals surface area contributed by atoms with Crippen LogP contribution in [0.25, 0.3) is 0 Å². The Labute approximate surface area is 137 Å². The van der Waals surface area contributed by atoms with Crippen LogP contribution in [0.4, 0.5) is 5.69 Å². The topological polar surface area (TPSA) is 84.5 Å². The highest BCUT2D eigenvalue weighted by Crippen LogP contribution is 2.09. The maximum Gasteiger partial charge on any atom is 0.325 e. The SMILES string of the molecule is Cc1cccc(NC(=O)COC(=O)CNC(=O)c2cccs2)c1. The van der Waals surface area contributed by atoms with E-state index in [9.17, 15) is 14.4 Å². The van der Waals surface area contributed by atoms with Crippen molar-refractivity contribution in [1.29, 1.82) is 0 Å². The van der Waals surface area contributed by atoms with Gasteiger partial charge < -0.3 is 15.4 Å². The number of hydrogen-bond acceptors (Lipinski definition) is 5. The standard InChI is InChI=1S/C16H16N2O4S/c1-11-4-2-5-12(8-11)18-14(19)10-22-15(20)9-17-16(21)13-6-3-7-23-13/h2-8H,9-10H2,1H3,(H,17,21)(H,18,19). The van der Waals surface area contributed by atoms with Gasteiger partial charge in [0.1, 0.15) is 6.54 Å². The summed E-state index contributed by atoms with van der Waals surface area (Å²) in [6.07, 6.45) is 0. The predicted molar refractivity (Wildman–Crippen MR) is 87.4 cm³/mol. The van der Waals surface area contributed by atoms with Crippen molar-refractivity contribution in [2.24, 2.45) is 0 Å². The van der Waals surface area contributed by atoms with Crippen LogP contribution in [-0.2, 0) is 14.3 Å². The van der Waals surface area contributed by atoms with E-state index in [1.54, 1.807) is 29.6 Å². The highest BCUT2D eigenvalue weighted by molar-refractivity contribution is 7.12. The molecule has 1 aromatic heterocycles. The molecule has 0 unspecified atom stereocenters. The van der Waals surface area contributed by atoms with Crippen LogP contribution in [0.3, 0.4) is 0 Å². The minimum atomic E-state index is -0.672. The Morgan fingerprint density at radius 3 is 2.70 bits per heavy atom. The average Bonchev–Trinajstić information content (AvgIpc) is 3.05. The van der Waals surface area contributed by atoms with Gasteiger partial charge >= 0.3 is 5.97 Å². The molecule has 0 saturated carbocycles. The zero-order valence-corrected chi connectivity index (χ0v) is 13.3. The van der Waals surface area contributed by atoms with E-state index in [0.29, 0.717) is 10.6 Å². The number of amides is 2. The molecule has 0 spiro atoms. The number of rotatable bonds is 6. The molecule has 2 amide bonds. The Kier molecular flexibility index (Phi) is 5.87. The number of benzene rings is 1. The smallest absolute Gasteiger partial charge is 0.325 e. The first kappa shape index (κ1) is 16.7. The number of aryl methyl sites for hydroxylation is 1. The molecule has 0 radical (unpaired) electrons. The van der Waals surface area contributed by atoms with Gasteiger partial charge in [-0.05, 0) is 36.1 Å². The Hall–Kier alpha value is -2.67. The summed E-state index contributed by atoms with van der Waals surface area (Å²) in [5, 5.41) is 6.82. The number of esters is 1. The molecule has 1 heterocycles. The first-order chi connectivity index (χ1) is 11.0. The first-order valence-corrected chi connectivity index (χ1v) is 7.76. The normalized spacial score (nSPS) is 9.96. The fraction of sp³-hybridized carbons (Fsp3) is 0.188. The lowest BCUT2D eigenvalue weighted by Crippen LogP contribution is -2.31. The molecule has 2 aromatic rings. The summed E-state index contributed by atoms with van der Waals surface area (Å²) in [7, 11) is 0. The van der Waals surface area contributed by atoms with Crippen LogP contribution >= 0.6 is 11.3 Å². The van der Waals surface area contributed by atoms with Gasteiger partial charge in [-0.2, -0.15) is 0 Å². The Morgan fingerprint density at radius 2 is 2.00 bits per heavy atom. The van der Waals surface area contributed by atoms with Crippen molar-refractivity contribution in [3.63, 3.8) is 0 Å². The number of carbonyl (C=O) groups excluding carboxylic acids is 3. The Morgan fingerprint density at radius 1 is 1.17 bits per heavy atom. The summed E-state index contributed by atoms with van der Waals surface area (Å²) < 4.78 is 4.81. The summed E-state index contributed by atoms with van der Waals surface area (Å²) in [5.41, 5.74) is 1.65. The van der Waals surface area contributed by atoms with Crippen LogP contribution < -0.4 is 10.6 Å². The minimum Gasteiger partial charge on any atom is -0.454 e. The molecule has 7 heteroatoms. The quantitative estimate of drug-likeness (QED) is 0.792. The van der Waals surface area contributed by atoms with Gasteiger partial charge in [0.15, 0.2) is 6.61 Å². The van der Waals surface area contributed by atoms with Crippen molar-refractivity contribution in [2.75, 3.05) is 18.5 Å². The van der Waals surface area contributed by atoms with Crippen molar-refractivity contribution in [3.05, 3.63) is 52.2 Å². The first-order valence-electron chi connectivity index (χ1n) is 6.88. The molecule has 23 heavy (non-hydrogen) atoms. The van der Waals surface area contributed by atoms with Crippen molar-refractivity contribution in [3.8, 4) is 0 Å². The van der Waals surface area contributed by atoms with Gasteiger partial charge in [-0.15, -0.1) is 11.3 Å². The molecule has 1 aromatic carbocycles. The van der Waals surface area contributed by atoms with E-state index in [1.165, 1.54) is 11.3 Å². The van der Waals surface area contributed by atoms with E-state index in [0.717, 1.165) is 5.56 Å². The van der Waals surface area contributed by atoms with Gasteiger partial charge in [0.05, 0.1) is 4.88 Å². The number of nitrogens with one attached hydrogen (secondary N) is 2. The van der Waals surface area contributed by atoms with Crippen molar-refractivity contribution >= 4 is 34.8 Å². The molecule has 2 N–H and O–H groups in total. The molecule has 120 valence electrons. The third-order valence-electron chi connectivity index (χ3n) is 2.80. The molecule has 0 aliphatic heterocycles. The van der Waals surface area contributed by atoms with Crippen LogP contribution in [0, 0.1) is 6.92 Å². The maximum atomic E-state index is 11.7. The van der Waals surface area contributed by atoms with Crippen LogP contribution in [0.15, 0.2) is 41.8 Å². The maximum absolute atomic E-state index is 11.7. The summed E-state index contributed by atoms with van der Waals surface area (Å²) >= 11 is 1.28. The second-order valence-corrected chi connectivity index (χ2v) is 5.69. The number of hydrogen-bond donors (Lipinski definition) is 2. The van der Waals surface area contributed by atoms with Crippen LogP contribution in [0.1, 0.15) is 15.2 Å². The molecule has 0 saturated heterocycles. The minimum absolute atomic E-state index is 0.283. The lowest BCUT2D eigenvalue weighted by molar-refractivity contribution is -0.146. The van der Waals surface area contributed by atoms with Crippen molar-refractivity contribution in [1.82, 2.24) is 5.32 Å². The molecule has 0 aliphatic rings. The summed E-state index contributed by atoms with van der Waals surface area (Å²) in [6.45, 7) is 1.22. The van der Waals surface area contributed by atoms with Crippen LogP contribution in [0.2, 0.25) is 0 Å². The Balaban J connectivity index is 1.69. The largest absolute Gasteiger partial charge is 0.454 e. The fourth-order valence-corrected chi connectivity index (χ4v) is 2.40. The molecule has 0 aliphatic carbocycles. The molecular weight excluding hydrogens is 316 g/mol. The van der Waals surface area contributed by atoms with E-state index < -0.39 is 18.5 Å². The number of ether oxygens (including phenoxy) is 1. The van der Waals surface area contributed by atoms with E-state index in [-0.39, 0.29) is 12.5 Å². The molecule has 2 rings (SSSR count). The van der Waals surface area contributed by atoms with Gasteiger partial charge in [0.2, 0.25) is 0 Å². The van der Waals surface area contributed by atoms with Crippen molar-refractivity contribution < 1.29 is 19.1 Å². The van der Waals surface area contributed by atoms with Crippen LogP contribution in [-0.4, -0.2) is 30.9 Å². The Bertz CT molecular complexity index is 698. The van der Waals surface area contributed by atoms with E-state index >= 15 is 0 Å². The summed E-state index contributed by atoms with van der Waals surface area (Å²) in [4.78, 5) is 35.3. The van der Waals surface area contributed by atoms with Gasteiger partial charge in [-0.1, -0.05) is 18.2 Å². The third kappa shape index (κ3) is 5.55. The highest BCUT2D eigenvalue weighted by Gasteiger charge is 2.11. The fourth-order valence-electron chi connectivity index (χ4n) is 1.76. The van der Waals surface area contributed by atoms with Gasteiger partial charge in [-0.3, -0.25) is 14.4 Å². The van der Waals surface area contributed by atoms with Gasteiger partial charge in [0, 0.05) is 5.69 Å². The monoisotopic (exact) mass is 332 g/mol. The number of anilines is 1. The zero-order chi connectivity index (χ0) is 16.7. The van der Waals surface area contributed by atoms with Gasteiger partial charge in [-0.25, -0.2) is 0 Å². The lowest BCUT2D eigenvalue weighted by Gasteiger charge is -2.07. The predicted octanol–water partition coefficient (Wildman–Crippen LogP) is 1.97. The third-order valence-corrected chi connectivity index (χ3v) is 3.67. The molecular formula is C16H16N2O4S. The number of carbonyl (C=O) groups is 3. The highest BCUT2D eigenvalue weighted by atomic mass is 32.1. The van der Waals surface area contributed by atoms with Gasteiger partial charge in [0.25, 0.3) is 11.8 Å². The average molecular weight is 332 g/mol. The summed E-state index contributed by atoms with van der Waals surface area (Å²) in [5.74, 6) is -1.45. The number of thiophene rings is 1. The van der Waals surface area contributed by atoms with E-state index in [1.807, 2.05) is 19.1 Å². The molecule has 0 atom stereocenters. The molecule has 6 nitrogen and oxygen atoms in total. The summed E-state index contributed by atoms with van der Waals surface area (Å²) in [6, 6.07) is 10.7. The van der Waals surface area contributed by atoms with Crippen LogP contribution in [0.5, 0.6) is 0 Å². The van der Waals surface area contributed by atoms with Crippen molar-refractivity contribution in [2.45, 2.75) is 6.92 Å². The molecule has 0 bridgehead atoms. The van der Waals surface area contributed by atoms with E-state index in [4.69, 9.17) is 4.74 Å². The lowest BCUT2D eigenvalue weighted by atomic mass is 10.2.